The van der Waals surface area contributed by atoms with E-state index in [0.717, 1.165) is 112 Å². The Bertz CT molecular complexity index is 1280. The normalized spacial score (nSPS) is 27.0. The van der Waals surface area contributed by atoms with E-state index in [1.807, 2.05) is 32.2 Å². The van der Waals surface area contributed by atoms with Crippen LogP contribution in [0.4, 0.5) is 10.1 Å². The van der Waals surface area contributed by atoms with Crippen molar-refractivity contribution in [1.82, 2.24) is 9.80 Å². The maximum Gasteiger partial charge on any atom is 0.293 e. The molecule has 0 radical (unpaired) electrons. The second kappa shape index (κ2) is 24.4. The van der Waals surface area contributed by atoms with Crippen LogP contribution in [-0.4, -0.2) is 114 Å². The van der Waals surface area contributed by atoms with Gasteiger partial charge in [0.25, 0.3) is 6.47 Å². The summed E-state index contributed by atoms with van der Waals surface area (Å²) in [4.78, 5) is 35.2. The number of anilines is 1. The number of aldehydes is 1. The maximum atomic E-state index is 12.2. The predicted molar refractivity (Wildman–Crippen MR) is 203 cm³/mol. The van der Waals surface area contributed by atoms with E-state index in [1.165, 1.54) is 38.6 Å². The highest BCUT2D eigenvalue weighted by Gasteiger charge is 2.36. The second-order valence-corrected chi connectivity index (χ2v) is 14.7. The first-order valence-corrected chi connectivity index (χ1v) is 19.3. The van der Waals surface area contributed by atoms with Crippen LogP contribution in [0.15, 0.2) is 28.7 Å². The first-order valence-electron chi connectivity index (χ1n) is 19.3. The lowest BCUT2D eigenvalue weighted by Gasteiger charge is -2.34. The Morgan fingerprint density at radius 2 is 1.71 bits per heavy atom. The fraction of sp³-hybridized carbons (Fsp3) is 0.725. The average molecular weight is 733 g/mol. The Labute approximate surface area is 310 Å². The molecule has 2 saturated carbocycles. The van der Waals surface area contributed by atoms with Crippen LogP contribution < -0.4 is 11.1 Å². The zero-order valence-electron chi connectivity index (χ0n) is 32.0. The van der Waals surface area contributed by atoms with E-state index in [4.69, 9.17) is 19.6 Å². The van der Waals surface area contributed by atoms with E-state index in [1.54, 1.807) is 6.07 Å². The van der Waals surface area contributed by atoms with Gasteiger partial charge in [0.1, 0.15) is 24.3 Å². The summed E-state index contributed by atoms with van der Waals surface area (Å²) >= 11 is 0. The molecule has 12 heteroatoms. The number of ether oxygens (including phenoxy) is 3. The summed E-state index contributed by atoms with van der Waals surface area (Å²) in [6.45, 7) is 10.8. The molecule has 2 aromatic rings. The molecule has 0 spiro atoms. The molecule has 6 rings (SSSR count). The number of nitrogens with zero attached hydrogens (tertiary/aromatic N) is 2. The SMILES string of the molecule is COC1CCC(C2CCN(C)C2C)CC1.Cc1cc2cc(NC=O)ccc2o1.NC(CF)C1CCC(C=O)CC1.O=COCCCN1CCOCC1. The summed E-state index contributed by atoms with van der Waals surface area (Å²) in [6.07, 6.45) is 13.5. The van der Waals surface area contributed by atoms with E-state index >= 15 is 0 Å². The maximum absolute atomic E-state index is 12.2. The lowest BCUT2D eigenvalue weighted by atomic mass is 9.76. The van der Waals surface area contributed by atoms with Crippen molar-refractivity contribution in [2.75, 3.05) is 72.1 Å². The van der Waals surface area contributed by atoms with Crippen LogP contribution in [0.2, 0.25) is 0 Å². The number of amides is 1. The molecule has 4 fully saturated rings. The minimum absolute atomic E-state index is 0.202. The van der Waals surface area contributed by atoms with Gasteiger partial charge in [-0.25, -0.2) is 4.39 Å². The zero-order chi connectivity index (χ0) is 37.7. The number of hydrogen-bond donors (Lipinski definition) is 2. The third kappa shape index (κ3) is 14.9. The number of hydrogen-bond acceptors (Lipinski definition) is 10. The molecule has 3 N–H and O–H groups in total. The minimum atomic E-state index is -0.434. The van der Waals surface area contributed by atoms with E-state index in [9.17, 15) is 18.8 Å². The zero-order valence-corrected chi connectivity index (χ0v) is 32.0. The number of methoxy groups -OCH3 is 1. The van der Waals surface area contributed by atoms with E-state index in [0.29, 0.717) is 31.5 Å². The number of carbonyl (C=O) groups is 3. The molecule has 3 unspecified atom stereocenters. The van der Waals surface area contributed by atoms with E-state index < -0.39 is 6.67 Å². The van der Waals surface area contributed by atoms with Crippen molar-refractivity contribution in [1.29, 1.82) is 0 Å². The lowest BCUT2D eigenvalue weighted by molar-refractivity contribution is -0.129. The molecule has 1 aromatic heterocycles. The fourth-order valence-electron chi connectivity index (χ4n) is 7.92. The number of fused-ring (bicyclic) bond motifs is 1. The van der Waals surface area contributed by atoms with Gasteiger partial charge in [-0.3, -0.25) is 14.5 Å². The Morgan fingerprint density at radius 3 is 2.29 bits per heavy atom. The molecule has 52 heavy (non-hydrogen) atoms. The van der Waals surface area contributed by atoms with Crippen LogP contribution in [0.3, 0.4) is 0 Å². The minimum Gasteiger partial charge on any atom is -0.468 e. The highest BCUT2D eigenvalue weighted by atomic mass is 19.1. The molecule has 1 amide bonds. The number of carbonyl (C=O) groups excluding carboxylic acids is 3. The summed E-state index contributed by atoms with van der Waals surface area (Å²) in [5, 5.41) is 3.59. The van der Waals surface area contributed by atoms with Crippen LogP contribution in [0, 0.1) is 30.6 Å². The van der Waals surface area contributed by atoms with Crippen molar-refractivity contribution in [3.63, 3.8) is 0 Å². The Balaban J connectivity index is 0.000000188. The molecule has 2 aliphatic heterocycles. The number of morpholine rings is 1. The number of nitrogens with one attached hydrogen (secondary N) is 1. The number of rotatable bonds is 12. The number of halogens is 1. The number of nitrogens with two attached hydrogens (primary N) is 1. The molecule has 294 valence electrons. The van der Waals surface area contributed by atoms with E-state index in [-0.39, 0.29) is 12.0 Å². The summed E-state index contributed by atoms with van der Waals surface area (Å²) < 4.78 is 32.8. The molecule has 3 heterocycles. The number of furan rings is 1. The van der Waals surface area contributed by atoms with Crippen LogP contribution in [0.1, 0.15) is 76.9 Å². The molecule has 2 aliphatic carbocycles. The van der Waals surface area contributed by atoms with Crippen molar-refractivity contribution in [2.24, 2.45) is 29.4 Å². The van der Waals surface area contributed by atoms with Crippen LogP contribution in [0.25, 0.3) is 11.0 Å². The predicted octanol–water partition coefficient (Wildman–Crippen LogP) is 6.01. The standard InChI is InChI=1S/C13H25NO.C10H9NO2.C9H16FNO.C8H15NO3/c1-10-13(8-9-14(10)2)11-4-6-12(15-3)7-5-11;1-7-4-8-5-9(11-6-12)2-3-10(8)13-7;10-5-9(11)8-3-1-7(6-12)2-4-8;10-8-12-5-1-2-9-3-6-11-7-4-9/h10-13H,4-9H2,1-3H3;2-6H,1H3,(H,11,12);6-9H,1-5,11H2;8H,1-7H2. The molecule has 0 bridgehead atoms. The Hall–Kier alpha value is -2.90. The van der Waals surface area contributed by atoms with Crippen molar-refractivity contribution in [3.8, 4) is 0 Å². The summed E-state index contributed by atoms with van der Waals surface area (Å²) in [5.74, 6) is 3.29. The number of alkyl halides is 1. The smallest absolute Gasteiger partial charge is 0.293 e. The second-order valence-electron chi connectivity index (χ2n) is 14.7. The summed E-state index contributed by atoms with van der Waals surface area (Å²) in [5.41, 5.74) is 7.19. The highest BCUT2D eigenvalue weighted by molar-refractivity contribution is 5.84. The van der Waals surface area contributed by atoms with Gasteiger partial charge in [-0.2, -0.15) is 0 Å². The van der Waals surface area contributed by atoms with Gasteiger partial charge in [-0.15, -0.1) is 0 Å². The molecular weight excluding hydrogens is 667 g/mol. The molecule has 4 aliphatic rings. The van der Waals surface area contributed by atoms with E-state index in [2.05, 4.69) is 33.8 Å². The van der Waals surface area contributed by atoms with Crippen molar-refractivity contribution < 1.29 is 37.4 Å². The van der Waals surface area contributed by atoms with Gasteiger partial charge >= 0.3 is 0 Å². The fourth-order valence-corrected chi connectivity index (χ4v) is 7.92. The van der Waals surface area contributed by atoms with Gasteiger partial charge in [0.15, 0.2) is 0 Å². The summed E-state index contributed by atoms with van der Waals surface area (Å²) in [6, 6.07) is 7.95. The van der Waals surface area contributed by atoms with Gasteiger partial charge in [-0.1, -0.05) is 0 Å². The van der Waals surface area contributed by atoms with Crippen LogP contribution >= 0.6 is 0 Å². The van der Waals surface area contributed by atoms with Crippen molar-refractivity contribution in [3.05, 3.63) is 30.0 Å². The average Bonchev–Trinajstić information content (AvgIpc) is 3.73. The van der Waals surface area contributed by atoms with Gasteiger partial charge in [0.2, 0.25) is 6.41 Å². The third-order valence-corrected chi connectivity index (χ3v) is 11.4. The molecule has 2 saturated heterocycles. The Morgan fingerprint density at radius 1 is 1.00 bits per heavy atom. The quantitative estimate of drug-likeness (QED) is 0.197. The van der Waals surface area contributed by atoms with Gasteiger partial charge in [0.05, 0.1) is 25.9 Å². The molecular formula is C40H65FN4O7. The van der Waals surface area contributed by atoms with Gasteiger partial charge in [-0.05, 0) is 134 Å². The number of benzene rings is 1. The van der Waals surface area contributed by atoms with Crippen molar-refractivity contribution >= 4 is 35.8 Å². The summed E-state index contributed by atoms with van der Waals surface area (Å²) in [7, 11) is 4.13. The van der Waals surface area contributed by atoms with Crippen LogP contribution in [0.5, 0.6) is 0 Å². The lowest BCUT2D eigenvalue weighted by Crippen LogP contribution is -2.37. The molecule has 3 atom stereocenters. The molecule has 1 aromatic carbocycles. The largest absolute Gasteiger partial charge is 0.468 e. The Kier molecular flexibility index (Phi) is 20.4. The van der Waals surface area contributed by atoms with Crippen LogP contribution in [-0.2, 0) is 28.6 Å². The van der Waals surface area contributed by atoms with Gasteiger partial charge in [0, 0.05) is 55.8 Å². The van der Waals surface area contributed by atoms with Crippen molar-refractivity contribution in [2.45, 2.75) is 96.2 Å². The van der Waals surface area contributed by atoms with Gasteiger partial charge < -0.3 is 39.4 Å². The number of likely N-dealkylation sites (tertiary alicyclic amines) is 1. The first-order chi connectivity index (χ1) is 25.2. The number of aryl methyl sites for hydroxylation is 1. The third-order valence-electron chi connectivity index (χ3n) is 11.4. The highest BCUT2D eigenvalue weighted by Crippen LogP contribution is 2.38. The first kappa shape index (κ1) is 43.5. The molecule has 11 nitrogen and oxygen atoms in total. The monoisotopic (exact) mass is 732 g/mol. The topological polar surface area (TPSA) is 137 Å².